The van der Waals surface area contributed by atoms with E-state index in [1.807, 2.05) is 0 Å². The quantitative estimate of drug-likeness (QED) is 0.552. The zero-order chi connectivity index (χ0) is 15.2. The van der Waals surface area contributed by atoms with Crippen LogP contribution in [0.3, 0.4) is 0 Å². The van der Waals surface area contributed by atoms with Crippen LogP contribution in [0.4, 0.5) is 4.79 Å². The van der Waals surface area contributed by atoms with Gasteiger partial charge in [0.15, 0.2) is 0 Å². The number of nitrogens with zero attached hydrogens (tertiary/aromatic N) is 1. The third-order valence-corrected chi connectivity index (χ3v) is 3.77. The van der Waals surface area contributed by atoms with E-state index in [1.165, 1.54) is 4.90 Å². The number of hydrogen-bond donors (Lipinski definition) is 3. The Kier molecular flexibility index (Phi) is 6.21. The van der Waals surface area contributed by atoms with Crippen LogP contribution in [-0.4, -0.2) is 62.4 Å². The van der Waals surface area contributed by atoms with Gasteiger partial charge in [-0.25, -0.2) is 17.9 Å². The van der Waals surface area contributed by atoms with E-state index in [2.05, 4.69) is 10.0 Å². The van der Waals surface area contributed by atoms with Crippen molar-refractivity contribution in [2.45, 2.75) is 31.7 Å². The Morgan fingerprint density at radius 3 is 2.65 bits per heavy atom. The van der Waals surface area contributed by atoms with Crippen molar-refractivity contribution >= 4 is 22.0 Å². The molecule has 116 valence electrons. The number of carbonyl (C=O) groups excluding carboxylic acids is 1. The van der Waals surface area contributed by atoms with E-state index in [4.69, 9.17) is 5.11 Å². The average Bonchev–Trinajstić information content (AvgIpc) is 2.74. The third kappa shape index (κ3) is 6.20. The standard InChI is InChI=1S/C11H21N3O5S/c1-20(18,19)13-6-3-5-12-11(17)14-7-2-4-9(14)8-10(15)16/h9,13H,2-8H2,1H3,(H,12,17)(H,15,16). The summed E-state index contributed by atoms with van der Waals surface area (Å²) in [5.74, 6) is -0.910. The van der Waals surface area contributed by atoms with E-state index in [0.717, 1.165) is 12.7 Å². The molecule has 1 rings (SSSR count). The van der Waals surface area contributed by atoms with Gasteiger partial charge < -0.3 is 15.3 Å². The van der Waals surface area contributed by atoms with Crippen LogP contribution in [0.1, 0.15) is 25.7 Å². The van der Waals surface area contributed by atoms with Gasteiger partial charge in [-0.05, 0) is 19.3 Å². The van der Waals surface area contributed by atoms with Crippen molar-refractivity contribution in [1.82, 2.24) is 14.9 Å². The summed E-state index contributed by atoms with van der Waals surface area (Å²) < 4.78 is 24.0. The van der Waals surface area contributed by atoms with Gasteiger partial charge in [0.25, 0.3) is 0 Å². The highest BCUT2D eigenvalue weighted by Gasteiger charge is 2.29. The Bertz CT molecular complexity index is 451. The van der Waals surface area contributed by atoms with Crippen LogP contribution < -0.4 is 10.0 Å². The minimum Gasteiger partial charge on any atom is -0.481 e. The molecule has 0 saturated carbocycles. The predicted octanol–water partition coefficient (Wildman–Crippen LogP) is -0.426. The van der Waals surface area contributed by atoms with E-state index in [1.54, 1.807) is 0 Å². The van der Waals surface area contributed by atoms with Crippen molar-refractivity contribution in [3.63, 3.8) is 0 Å². The lowest BCUT2D eigenvalue weighted by Crippen LogP contribution is -2.44. The molecule has 1 aliphatic rings. The van der Waals surface area contributed by atoms with E-state index < -0.39 is 16.0 Å². The van der Waals surface area contributed by atoms with Crippen LogP contribution in [0.15, 0.2) is 0 Å². The SMILES string of the molecule is CS(=O)(=O)NCCCNC(=O)N1CCCC1CC(=O)O. The summed E-state index contributed by atoms with van der Waals surface area (Å²) in [7, 11) is -3.20. The molecule has 1 unspecified atom stereocenters. The van der Waals surface area contributed by atoms with Crippen LogP contribution in [-0.2, 0) is 14.8 Å². The van der Waals surface area contributed by atoms with Gasteiger partial charge in [-0.15, -0.1) is 0 Å². The van der Waals surface area contributed by atoms with Gasteiger partial charge in [0.2, 0.25) is 10.0 Å². The fourth-order valence-corrected chi connectivity index (χ4v) is 2.67. The van der Waals surface area contributed by atoms with E-state index in [9.17, 15) is 18.0 Å². The molecule has 1 atom stereocenters. The fourth-order valence-electron chi connectivity index (χ4n) is 2.16. The maximum atomic E-state index is 11.9. The average molecular weight is 307 g/mol. The lowest BCUT2D eigenvalue weighted by atomic mass is 10.1. The number of carbonyl (C=O) groups is 2. The number of likely N-dealkylation sites (tertiary alicyclic amines) is 1. The highest BCUT2D eigenvalue weighted by molar-refractivity contribution is 7.88. The summed E-state index contributed by atoms with van der Waals surface area (Å²) in [6, 6.07) is -0.533. The number of amides is 2. The van der Waals surface area contributed by atoms with E-state index in [0.29, 0.717) is 25.9 Å². The van der Waals surface area contributed by atoms with Gasteiger partial charge in [-0.1, -0.05) is 0 Å². The molecule has 0 aliphatic carbocycles. The molecule has 2 amide bonds. The van der Waals surface area contributed by atoms with Crippen LogP contribution >= 0.6 is 0 Å². The first kappa shape index (κ1) is 16.7. The molecule has 0 radical (unpaired) electrons. The van der Waals surface area contributed by atoms with Gasteiger partial charge in [0.1, 0.15) is 0 Å². The van der Waals surface area contributed by atoms with Crippen LogP contribution in [0, 0.1) is 0 Å². The minimum atomic E-state index is -3.20. The number of carboxylic acid groups (broad SMARTS) is 1. The molecule has 8 nitrogen and oxygen atoms in total. The molecule has 1 fully saturated rings. The van der Waals surface area contributed by atoms with E-state index in [-0.39, 0.29) is 25.0 Å². The van der Waals surface area contributed by atoms with Gasteiger partial charge in [-0.2, -0.15) is 0 Å². The number of rotatable bonds is 7. The van der Waals surface area contributed by atoms with Crippen molar-refractivity contribution in [2.75, 3.05) is 25.9 Å². The highest BCUT2D eigenvalue weighted by atomic mass is 32.2. The Balaban J connectivity index is 2.26. The van der Waals surface area contributed by atoms with Crippen molar-refractivity contribution < 1.29 is 23.1 Å². The van der Waals surface area contributed by atoms with Crippen molar-refractivity contribution in [1.29, 1.82) is 0 Å². The van der Waals surface area contributed by atoms with Gasteiger partial charge in [0, 0.05) is 25.7 Å². The van der Waals surface area contributed by atoms with Crippen LogP contribution in [0.25, 0.3) is 0 Å². The molecule has 1 saturated heterocycles. The summed E-state index contributed by atoms with van der Waals surface area (Å²) >= 11 is 0. The number of urea groups is 1. The van der Waals surface area contributed by atoms with Crippen molar-refractivity contribution in [3.8, 4) is 0 Å². The first-order chi connectivity index (χ1) is 9.29. The first-order valence-corrected chi connectivity index (χ1v) is 8.39. The van der Waals surface area contributed by atoms with Gasteiger partial charge >= 0.3 is 12.0 Å². The molecule has 0 aromatic rings. The maximum absolute atomic E-state index is 11.9. The highest BCUT2D eigenvalue weighted by Crippen LogP contribution is 2.19. The summed E-state index contributed by atoms with van der Waals surface area (Å²) in [5, 5.41) is 11.4. The second-order valence-corrected chi connectivity index (χ2v) is 6.67. The second-order valence-electron chi connectivity index (χ2n) is 4.84. The Labute approximate surface area is 118 Å². The number of aliphatic carboxylic acids is 1. The smallest absolute Gasteiger partial charge is 0.317 e. The molecular weight excluding hydrogens is 286 g/mol. The zero-order valence-corrected chi connectivity index (χ0v) is 12.3. The minimum absolute atomic E-state index is 0.0386. The molecule has 0 aromatic carbocycles. The van der Waals surface area contributed by atoms with Gasteiger partial charge in [0.05, 0.1) is 12.7 Å². The Hall–Kier alpha value is -1.35. The summed E-state index contributed by atoms with van der Waals surface area (Å²) in [6.45, 7) is 1.17. The molecule has 0 bridgehead atoms. The molecule has 9 heteroatoms. The van der Waals surface area contributed by atoms with Crippen molar-refractivity contribution in [3.05, 3.63) is 0 Å². The Morgan fingerprint density at radius 2 is 2.05 bits per heavy atom. The zero-order valence-electron chi connectivity index (χ0n) is 11.5. The molecular formula is C11H21N3O5S. The monoisotopic (exact) mass is 307 g/mol. The topological polar surface area (TPSA) is 116 Å². The number of carboxylic acids is 1. The second kappa shape index (κ2) is 7.44. The molecule has 3 N–H and O–H groups in total. The summed E-state index contributed by atoms with van der Waals surface area (Å²) in [4.78, 5) is 24.1. The van der Waals surface area contributed by atoms with Gasteiger partial charge in [-0.3, -0.25) is 4.79 Å². The molecule has 20 heavy (non-hydrogen) atoms. The normalized spacial score (nSPS) is 19.1. The van der Waals surface area contributed by atoms with Crippen molar-refractivity contribution in [2.24, 2.45) is 0 Å². The molecule has 0 spiro atoms. The molecule has 0 aromatic heterocycles. The largest absolute Gasteiger partial charge is 0.481 e. The fraction of sp³-hybridized carbons (Fsp3) is 0.818. The molecule has 1 heterocycles. The number of hydrogen-bond acceptors (Lipinski definition) is 4. The number of sulfonamides is 1. The summed E-state index contributed by atoms with van der Waals surface area (Å²) in [6.07, 6.45) is 3.03. The van der Waals surface area contributed by atoms with Crippen LogP contribution in [0.2, 0.25) is 0 Å². The molecule has 1 aliphatic heterocycles. The lowest BCUT2D eigenvalue weighted by Gasteiger charge is -2.23. The number of nitrogens with one attached hydrogen (secondary N) is 2. The predicted molar refractivity (Wildman–Crippen MR) is 72.8 cm³/mol. The Morgan fingerprint density at radius 1 is 1.35 bits per heavy atom. The summed E-state index contributed by atoms with van der Waals surface area (Å²) in [5.41, 5.74) is 0. The van der Waals surface area contributed by atoms with E-state index >= 15 is 0 Å². The lowest BCUT2D eigenvalue weighted by molar-refractivity contribution is -0.137. The maximum Gasteiger partial charge on any atom is 0.317 e. The first-order valence-electron chi connectivity index (χ1n) is 6.50. The van der Waals surface area contributed by atoms with Crippen LogP contribution in [0.5, 0.6) is 0 Å². The third-order valence-electron chi connectivity index (χ3n) is 3.04.